The molecule has 0 amide bonds. The zero-order valence-corrected chi connectivity index (χ0v) is 13.8. The van der Waals surface area contributed by atoms with Crippen LogP contribution in [-0.4, -0.2) is 32.6 Å². The van der Waals surface area contributed by atoms with Crippen molar-refractivity contribution in [3.05, 3.63) is 51.0 Å². The lowest BCUT2D eigenvalue weighted by molar-refractivity contribution is 0.577. The zero-order chi connectivity index (χ0) is 18.0. The minimum absolute atomic E-state index is 0.124. The molecule has 0 aliphatic heterocycles. The SMILES string of the molecule is NCCCNc1ncc2[nH]c(=O)n(Cc3c(F)ccc(F)c3Cl)c2n1. The van der Waals surface area contributed by atoms with Crippen LogP contribution in [0.25, 0.3) is 11.2 Å². The van der Waals surface area contributed by atoms with Crippen LogP contribution in [0.5, 0.6) is 0 Å². The number of benzene rings is 1. The smallest absolute Gasteiger partial charge is 0.328 e. The summed E-state index contributed by atoms with van der Waals surface area (Å²) < 4.78 is 28.8. The number of H-pyrrole nitrogens is 1. The van der Waals surface area contributed by atoms with Crippen molar-refractivity contribution in [1.82, 2.24) is 19.5 Å². The van der Waals surface area contributed by atoms with Gasteiger partial charge in [-0.3, -0.25) is 4.57 Å². The maximum atomic E-state index is 14.0. The van der Waals surface area contributed by atoms with Gasteiger partial charge in [-0.2, -0.15) is 4.98 Å². The number of imidazole rings is 1. The highest BCUT2D eigenvalue weighted by atomic mass is 35.5. The van der Waals surface area contributed by atoms with Crippen molar-refractivity contribution in [3.63, 3.8) is 0 Å². The molecule has 0 saturated heterocycles. The summed E-state index contributed by atoms with van der Waals surface area (Å²) in [6, 6.07) is 1.89. The van der Waals surface area contributed by atoms with Gasteiger partial charge in [0.1, 0.15) is 17.2 Å². The maximum Gasteiger partial charge on any atom is 0.328 e. The first-order valence-corrected chi connectivity index (χ1v) is 7.91. The van der Waals surface area contributed by atoms with E-state index in [0.717, 1.165) is 18.6 Å². The van der Waals surface area contributed by atoms with Gasteiger partial charge in [-0.15, -0.1) is 0 Å². The van der Waals surface area contributed by atoms with Crippen molar-refractivity contribution in [1.29, 1.82) is 0 Å². The molecule has 0 spiro atoms. The van der Waals surface area contributed by atoms with Crippen molar-refractivity contribution in [3.8, 4) is 0 Å². The van der Waals surface area contributed by atoms with Gasteiger partial charge in [0.15, 0.2) is 5.65 Å². The van der Waals surface area contributed by atoms with Gasteiger partial charge in [0.2, 0.25) is 5.95 Å². The Morgan fingerprint density at radius 1 is 1.32 bits per heavy atom. The van der Waals surface area contributed by atoms with Crippen molar-refractivity contribution in [2.24, 2.45) is 5.73 Å². The quantitative estimate of drug-likeness (QED) is 0.455. The largest absolute Gasteiger partial charge is 0.354 e. The van der Waals surface area contributed by atoms with E-state index < -0.39 is 17.3 Å². The van der Waals surface area contributed by atoms with Crippen LogP contribution >= 0.6 is 11.6 Å². The van der Waals surface area contributed by atoms with E-state index >= 15 is 0 Å². The Labute approximate surface area is 145 Å². The Morgan fingerprint density at radius 2 is 2.08 bits per heavy atom. The third kappa shape index (κ3) is 3.47. The number of hydrogen-bond acceptors (Lipinski definition) is 5. The van der Waals surface area contributed by atoms with Crippen LogP contribution in [0.4, 0.5) is 14.7 Å². The second kappa shape index (κ2) is 7.16. The molecule has 0 aliphatic rings. The lowest BCUT2D eigenvalue weighted by Gasteiger charge is -2.08. The summed E-state index contributed by atoms with van der Waals surface area (Å²) in [7, 11) is 0. The second-order valence-corrected chi connectivity index (χ2v) is 5.72. The van der Waals surface area contributed by atoms with Gasteiger partial charge in [-0.25, -0.2) is 18.6 Å². The molecule has 2 aromatic heterocycles. The van der Waals surface area contributed by atoms with Crippen LogP contribution in [0.15, 0.2) is 23.1 Å². The number of anilines is 1. The van der Waals surface area contributed by atoms with Crippen molar-refractivity contribution < 1.29 is 8.78 Å². The highest BCUT2D eigenvalue weighted by Crippen LogP contribution is 2.24. The fraction of sp³-hybridized carbons (Fsp3) is 0.267. The number of nitrogens with one attached hydrogen (secondary N) is 2. The molecular weight excluding hydrogens is 354 g/mol. The van der Waals surface area contributed by atoms with Crippen LogP contribution in [0.2, 0.25) is 5.02 Å². The van der Waals surface area contributed by atoms with Gasteiger partial charge in [0.25, 0.3) is 0 Å². The highest BCUT2D eigenvalue weighted by Gasteiger charge is 2.17. The first kappa shape index (κ1) is 17.3. The van der Waals surface area contributed by atoms with E-state index in [9.17, 15) is 13.6 Å². The molecule has 10 heteroatoms. The first-order chi connectivity index (χ1) is 12.0. The maximum absolute atomic E-state index is 14.0. The molecule has 0 saturated carbocycles. The summed E-state index contributed by atoms with van der Waals surface area (Å²) in [5, 5.41) is 2.61. The molecule has 7 nitrogen and oxygen atoms in total. The molecule has 132 valence electrons. The highest BCUT2D eigenvalue weighted by molar-refractivity contribution is 6.31. The predicted octanol–water partition coefficient (Wildman–Crippen LogP) is 1.86. The van der Waals surface area contributed by atoms with Crippen molar-refractivity contribution in [2.75, 3.05) is 18.4 Å². The van der Waals surface area contributed by atoms with E-state index in [2.05, 4.69) is 20.3 Å². The van der Waals surface area contributed by atoms with E-state index in [4.69, 9.17) is 17.3 Å². The molecule has 3 aromatic rings. The molecule has 2 heterocycles. The first-order valence-electron chi connectivity index (χ1n) is 7.53. The van der Waals surface area contributed by atoms with Crippen LogP contribution in [-0.2, 0) is 6.54 Å². The third-order valence-corrected chi connectivity index (χ3v) is 4.04. The number of aromatic nitrogens is 4. The molecule has 0 aliphatic carbocycles. The van der Waals surface area contributed by atoms with Gasteiger partial charge < -0.3 is 16.0 Å². The van der Waals surface area contributed by atoms with E-state index in [-0.39, 0.29) is 22.8 Å². The molecule has 25 heavy (non-hydrogen) atoms. The number of halogens is 3. The Bertz CT molecular complexity index is 971. The van der Waals surface area contributed by atoms with Crippen LogP contribution in [0, 0.1) is 11.6 Å². The predicted molar refractivity (Wildman–Crippen MR) is 90.8 cm³/mol. The van der Waals surface area contributed by atoms with Gasteiger partial charge in [0, 0.05) is 12.1 Å². The lowest BCUT2D eigenvalue weighted by Crippen LogP contribution is -2.19. The van der Waals surface area contributed by atoms with E-state index in [1.54, 1.807) is 0 Å². The molecular formula is C15H15ClF2N6O. The van der Waals surface area contributed by atoms with E-state index in [0.29, 0.717) is 24.6 Å². The number of nitrogens with zero attached hydrogens (tertiary/aromatic N) is 3. The molecule has 3 rings (SSSR count). The fourth-order valence-electron chi connectivity index (χ4n) is 2.35. The number of fused-ring (bicyclic) bond motifs is 1. The molecule has 0 unspecified atom stereocenters. The minimum atomic E-state index is -0.760. The average Bonchev–Trinajstić information content (AvgIpc) is 2.90. The van der Waals surface area contributed by atoms with Crippen molar-refractivity contribution >= 4 is 28.7 Å². The number of hydrogen-bond donors (Lipinski definition) is 3. The van der Waals surface area contributed by atoms with Crippen LogP contribution < -0.4 is 16.7 Å². The topological polar surface area (TPSA) is 102 Å². The van der Waals surface area contributed by atoms with Crippen LogP contribution in [0.3, 0.4) is 0 Å². The molecule has 0 radical (unpaired) electrons. The van der Waals surface area contributed by atoms with Crippen molar-refractivity contribution in [2.45, 2.75) is 13.0 Å². The Kier molecular flexibility index (Phi) is 4.95. The molecule has 1 aromatic carbocycles. The summed E-state index contributed by atoms with van der Waals surface area (Å²) in [5.41, 5.74) is 5.41. The van der Waals surface area contributed by atoms with Gasteiger partial charge >= 0.3 is 5.69 Å². The normalized spacial score (nSPS) is 11.2. The average molecular weight is 369 g/mol. The summed E-state index contributed by atoms with van der Waals surface area (Å²) in [5.74, 6) is -1.16. The van der Waals surface area contributed by atoms with E-state index in [1.807, 2.05) is 0 Å². The van der Waals surface area contributed by atoms with Gasteiger partial charge in [-0.1, -0.05) is 11.6 Å². The lowest BCUT2D eigenvalue weighted by atomic mass is 10.2. The standard InChI is InChI=1S/C15H15ClF2N6O/c16-12-8(9(17)2-3-10(12)18)7-24-13-11(22-15(24)25)6-21-14(23-13)20-5-1-4-19/h2-3,6H,1,4-5,7,19H2,(H,22,25)(H,20,21,23). The number of nitrogens with two attached hydrogens (primary N) is 1. The fourth-order valence-corrected chi connectivity index (χ4v) is 2.56. The summed E-state index contributed by atoms with van der Waals surface area (Å²) in [6.45, 7) is 0.822. The Balaban J connectivity index is 2.01. The second-order valence-electron chi connectivity index (χ2n) is 5.34. The summed E-state index contributed by atoms with van der Waals surface area (Å²) in [6.07, 6.45) is 2.17. The van der Waals surface area contributed by atoms with E-state index in [1.165, 1.54) is 10.8 Å². The third-order valence-electron chi connectivity index (χ3n) is 3.63. The molecule has 4 N–H and O–H groups in total. The minimum Gasteiger partial charge on any atom is -0.354 e. The number of rotatable bonds is 6. The van der Waals surface area contributed by atoms with Gasteiger partial charge in [-0.05, 0) is 25.1 Å². The monoisotopic (exact) mass is 368 g/mol. The van der Waals surface area contributed by atoms with Gasteiger partial charge in [0.05, 0.1) is 17.8 Å². The van der Waals surface area contributed by atoms with Crippen LogP contribution in [0.1, 0.15) is 12.0 Å². The summed E-state index contributed by atoms with van der Waals surface area (Å²) in [4.78, 5) is 23.1. The molecule has 0 fully saturated rings. The molecule has 0 atom stereocenters. The molecule has 0 bridgehead atoms. The Hall–Kier alpha value is -2.52. The Morgan fingerprint density at radius 3 is 2.84 bits per heavy atom. The summed E-state index contributed by atoms with van der Waals surface area (Å²) >= 11 is 5.84. The zero-order valence-electron chi connectivity index (χ0n) is 13.0. The number of aromatic amines is 1.